The minimum absolute atomic E-state index is 0.0233. The van der Waals surface area contributed by atoms with Crippen LogP contribution in [0.15, 0.2) is 30.5 Å². The highest BCUT2D eigenvalue weighted by atomic mass is 19.3. The van der Waals surface area contributed by atoms with Crippen LogP contribution in [0.5, 0.6) is 0 Å². The van der Waals surface area contributed by atoms with Crippen LogP contribution in [0.25, 0.3) is 0 Å². The number of aromatic nitrogens is 2. The van der Waals surface area contributed by atoms with Crippen LogP contribution >= 0.6 is 0 Å². The predicted octanol–water partition coefficient (Wildman–Crippen LogP) is 6.51. The van der Waals surface area contributed by atoms with Gasteiger partial charge in [-0.05, 0) is 99.0 Å². The lowest BCUT2D eigenvalue weighted by atomic mass is 9.47. The lowest BCUT2D eigenvalue weighted by Crippen LogP contribution is -2.61. The van der Waals surface area contributed by atoms with Crippen molar-refractivity contribution in [3.63, 3.8) is 0 Å². The van der Waals surface area contributed by atoms with E-state index in [1.807, 2.05) is 12.1 Å². The predicted molar refractivity (Wildman–Crippen MR) is 168 cm³/mol. The van der Waals surface area contributed by atoms with Crippen molar-refractivity contribution in [2.75, 3.05) is 30.3 Å². The molecule has 5 aliphatic carbocycles. The van der Waals surface area contributed by atoms with E-state index in [-0.39, 0.29) is 18.3 Å². The third-order valence-electron chi connectivity index (χ3n) is 11.8. The fourth-order valence-corrected chi connectivity index (χ4v) is 9.71. The van der Waals surface area contributed by atoms with Crippen LogP contribution in [0.1, 0.15) is 87.3 Å². The summed E-state index contributed by atoms with van der Waals surface area (Å²) in [6, 6.07) is 12.2. The Balaban J connectivity index is 0.939. The molecule has 2 aromatic rings. The Morgan fingerprint density at radius 3 is 2.43 bits per heavy atom. The van der Waals surface area contributed by atoms with E-state index in [0.29, 0.717) is 66.9 Å². The van der Waals surface area contributed by atoms with E-state index in [2.05, 4.69) is 51.0 Å². The molecule has 3 unspecified atom stereocenters. The number of likely N-dealkylation sites (tertiary alicyclic amines) is 1. The Morgan fingerprint density at radius 1 is 1.00 bits per heavy atom. The number of benzene rings is 1. The molecule has 8 rings (SSSR count). The molecule has 3 N–H and O–H groups in total. The van der Waals surface area contributed by atoms with E-state index < -0.39 is 5.92 Å². The second-order valence-corrected chi connectivity index (χ2v) is 14.8. The summed E-state index contributed by atoms with van der Waals surface area (Å²) < 4.78 is 27.3. The van der Waals surface area contributed by atoms with Gasteiger partial charge in [0.1, 0.15) is 17.5 Å². The van der Waals surface area contributed by atoms with Gasteiger partial charge in [-0.15, -0.1) is 0 Å². The van der Waals surface area contributed by atoms with E-state index in [0.717, 1.165) is 38.1 Å². The van der Waals surface area contributed by atoms with E-state index >= 15 is 0 Å². The van der Waals surface area contributed by atoms with Crippen LogP contribution in [-0.2, 0) is 6.54 Å². The molecule has 5 saturated carbocycles. The zero-order valence-corrected chi connectivity index (χ0v) is 26.0. The fraction of sp³-hybridized carbons (Fsp3) is 0.686. The van der Waals surface area contributed by atoms with Crippen molar-refractivity contribution < 1.29 is 8.78 Å². The molecule has 0 radical (unpaired) electrons. The maximum atomic E-state index is 13.7. The SMILES string of the molecule is Cc1ccccc1CNc1ncc(C#N)c(NCC23CC4C[C@H](C2)C(NC2CCC(N5CCC(F)(F)CC5)CC2)[C@@H](C4)C3)n1. The van der Waals surface area contributed by atoms with Crippen molar-refractivity contribution in [3.05, 3.63) is 47.2 Å². The molecular formula is C35H47F2N7. The van der Waals surface area contributed by atoms with Gasteiger partial charge in [0.2, 0.25) is 5.95 Å². The van der Waals surface area contributed by atoms with Crippen LogP contribution < -0.4 is 16.0 Å². The second kappa shape index (κ2) is 12.2. The summed E-state index contributed by atoms with van der Waals surface area (Å²) in [5.41, 5.74) is 3.18. The van der Waals surface area contributed by atoms with Gasteiger partial charge in [-0.1, -0.05) is 24.3 Å². The molecule has 1 aliphatic heterocycles. The molecule has 6 aliphatic rings. The third kappa shape index (κ3) is 6.30. The average molecular weight is 604 g/mol. The first-order valence-electron chi connectivity index (χ1n) is 17.0. The van der Waals surface area contributed by atoms with Crippen LogP contribution in [0.3, 0.4) is 0 Å². The van der Waals surface area contributed by atoms with Crippen LogP contribution in [-0.4, -0.2) is 58.6 Å². The van der Waals surface area contributed by atoms with Gasteiger partial charge in [-0.25, -0.2) is 13.8 Å². The smallest absolute Gasteiger partial charge is 0.250 e. The number of halogens is 2. The van der Waals surface area contributed by atoms with Crippen molar-refractivity contribution in [2.45, 2.75) is 108 Å². The van der Waals surface area contributed by atoms with Gasteiger partial charge in [-0.2, -0.15) is 10.2 Å². The van der Waals surface area contributed by atoms with Gasteiger partial charge >= 0.3 is 0 Å². The summed E-state index contributed by atoms with van der Waals surface area (Å²) >= 11 is 0. The number of rotatable bonds is 9. The summed E-state index contributed by atoms with van der Waals surface area (Å²) in [5.74, 6) is 0.921. The van der Waals surface area contributed by atoms with Crippen LogP contribution in [0, 0.1) is 41.4 Å². The van der Waals surface area contributed by atoms with Crippen molar-refractivity contribution in [3.8, 4) is 6.07 Å². The molecule has 9 heteroatoms. The molecule has 1 aromatic heterocycles. The summed E-state index contributed by atoms with van der Waals surface area (Å²) in [5, 5.41) is 20.9. The number of hydrogen-bond acceptors (Lipinski definition) is 7. The third-order valence-corrected chi connectivity index (χ3v) is 11.8. The van der Waals surface area contributed by atoms with E-state index in [1.54, 1.807) is 6.20 Å². The Hall–Kier alpha value is -2.83. The molecule has 4 bridgehead atoms. The summed E-state index contributed by atoms with van der Waals surface area (Å²) in [4.78, 5) is 11.5. The molecular weight excluding hydrogens is 556 g/mol. The molecule has 1 aromatic carbocycles. The van der Waals surface area contributed by atoms with E-state index in [4.69, 9.17) is 4.98 Å². The van der Waals surface area contributed by atoms with Gasteiger partial charge in [0.25, 0.3) is 5.92 Å². The molecule has 5 atom stereocenters. The second-order valence-electron chi connectivity index (χ2n) is 14.8. The highest BCUT2D eigenvalue weighted by molar-refractivity contribution is 5.53. The van der Waals surface area contributed by atoms with Crippen molar-refractivity contribution in [1.29, 1.82) is 5.26 Å². The molecule has 0 spiro atoms. The Labute approximate surface area is 260 Å². The number of aryl methyl sites for hydroxylation is 1. The van der Waals surface area contributed by atoms with Crippen molar-refractivity contribution in [2.24, 2.45) is 23.2 Å². The van der Waals surface area contributed by atoms with Crippen LogP contribution in [0.4, 0.5) is 20.5 Å². The zero-order valence-electron chi connectivity index (χ0n) is 26.0. The van der Waals surface area contributed by atoms with Crippen LogP contribution in [0.2, 0.25) is 0 Å². The first-order chi connectivity index (χ1) is 21.3. The number of anilines is 2. The maximum absolute atomic E-state index is 13.7. The maximum Gasteiger partial charge on any atom is 0.250 e. The highest BCUT2D eigenvalue weighted by Crippen LogP contribution is 2.60. The molecule has 1 saturated heterocycles. The van der Waals surface area contributed by atoms with E-state index in [1.165, 1.54) is 43.2 Å². The van der Waals surface area contributed by atoms with E-state index in [9.17, 15) is 14.0 Å². The summed E-state index contributed by atoms with van der Waals surface area (Å²) in [6.07, 6.45) is 12.6. The molecule has 7 nitrogen and oxygen atoms in total. The van der Waals surface area contributed by atoms with Gasteiger partial charge in [0.05, 0.1) is 6.20 Å². The lowest BCUT2D eigenvalue weighted by molar-refractivity contribution is -0.0760. The lowest BCUT2D eigenvalue weighted by Gasteiger charge is -2.61. The molecule has 236 valence electrons. The average Bonchev–Trinajstić information content (AvgIpc) is 3.01. The number of nitrogens with one attached hydrogen (secondary N) is 3. The monoisotopic (exact) mass is 603 g/mol. The molecule has 6 fully saturated rings. The van der Waals surface area contributed by atoms with Crippen molar-refractivity contribution >= 4 is 11.8 Å². The zero-order chi connectivity index (χ0) is 30.3. The molecule has 0 amide bonds. The van der Waals surface area contributed by atoms with Gasteiger partial charge < -0.3 is 16.0 Å². The summed E-state index contributed by atoms with van der Waals surface area (Å²) in [6.45, 7) is 4.70. The standard InChI is InChI=1S/C35H47F2N7/c1-23-4-2-3-5-25(23)20-39-33-40-21-28(19-38)32(43-33)41-22-34-16-24-14-26(17-34)31(27(15-24)18-34)42-29-6-8-30(9-7-29)44-12-10-35(36,37)11-13-44/h2-5,21,24,26-27,29-31,42H,6-18,20,22H2,1H3,(H2,39,40,41,43)/t24?,26-,27+,29?,30?,31?,34?. The largest absolute Gasteiger partial charge is 0.368 e. The fourth-order valence-electron chi connectivity index (χ4n) is 9.71. The minimum Gasteiger partial charge on any atom is -0.368 e. The van der Waals surface area contributed by atoms with Crippen molar-refractivity contribution in [1.82, 2.24) is 20.2 Å². The number of nitrogens with zero attached hydrogens (tertiary/aromatic N) is 4. The summed E-state index contributed by atoms with van der Waals surface area (Å²) in [7, 11) is 0. The quantitative estimate of drug-likeness (QED) is 0.301. The first kappa shape index (κ1) is 29.9. The molecule has 44 heavy (non-hydrogen) atoms. The Morgan fingerprint density at radius 2 is 1.73 bits per heavy atom. The number of alkyl halides is 2. The highest BCUT2D eigenvalue weighted by Gasteiger charge is 2.55. The van der Waals surface area contributed by atoms with Gasteiger partial charge in [0, 0.05) is 57.1 Å². The number of hydrogen-bond donors (Lipinski definition) is 3. The first-order valence-corrected chi connectivity index (χ1v) is 17.0. The molecule has 2 heterocycles. The normalized spacial score (nSPS) is 34.4. The Kier molecular flexibility index (Phi) is 8.26. The Bertz CT molecular complexity index is 1340. The van der Waals surface area contributed by atoms with Gasteiger partial charge in [-0.3, -0.25) is 4.90 Å². The minimum atomic E-state index is -2.46. The number of nitriles is 1. The number of piperidine rings is 1. The topological polar surface area (TPSA) is 88.9 Å². The van der Waals surface area contributed by atoms with Gasteiger partial charge in [0.15, 0.2) is 0 Å².